The maximum absolute atomic E-state index is 13.4. The van der Waals surface area contributed by atoms with Crippen LogP contribution >= 0.6 is 11.6 Å². The molecule has 0 saturated carbocycles. The Morgan fingerprint density at radius 3 is 2.45 bits per heavy atom. The SMILES string of the molecule is O=C(Cc1ccccc1Cl)NC(CCN1CCC2(CC1)CCN(Cc1cccnc1)C2=O)c1ccccc1. The second-order valence-electron chi connectivity index (χ2n) is 10.5. The average Bonchev–Trinajstić information content (AvgIpc) is 3.24. The second-order valence-corrected chi connectivity index (χ2v) is 11.0. The molecule has 1 aromatic heterocycles. The molecule has 0 bridgehead atoms. The summed E-state index contributed by atoms with van der Waals surface area (Å²) in [5, 5.41) is 3.86. The zero-order valence-electron chi connectivity index (χ0n) is 21.7. The minimum Gasteiger partial charge on any atom is -0.349 e. The molecule has 2 fully saturated rings. The Hall–Kier alpha value is -3.22. The summed E-state index contributed by atoms with van der Waals surface area (Å²) in [6.07, 6.45) is 7.40. The van der Waals surface area contributed by atoms with Crippen molar-refractivity contribution in [3.8, 4) is 0 Å². The highest BCUT2D eigenvalue weighted by Gasteiger charge is 2.47. The summed E-state index contributed by atoms with van der Waals surface area (Å²) in [5.74, 6) is 0.268. The Morgan fingerprint density at radius 1 is 0.974 bits per heavy atom. The van der Waals surface area contributed by atoms with E-state index in [9.17, 15) is 9.59 Å². The molecule has 1 spiro atoms. The number of hydrogen-bond donors (Lipinski definition) is 1. The average molecular weight is 531 g/mol. The van der Waals surface area contributed by atoms with Crippen LogP contribution in [0.3, 0.4) is 0 Å². The van der Waals surface area contributed by atoms with E-state index in [0.717, 1.165) is 68.6 Å². The normalized spacial score (nSPS) is 18.0. The first kappa shape index (κ1) is 26.4. The van der Waals surface area contributed by atoms with Crippen LogP contribution in [-0.2, 0) is 22.6 Å². The highest BCUT2D eigenvalue weighted by Crippen LogP contribution is 2.42. The number of carbonyl (C=O) groups is 2. The summed E-state index contributed by atoms with van der Waals surface area (Å²) < 4.78 is 0. The molecule has 7 heteroatoms. The third-order valence-electron chi connectivity index (χ3n) is 8.09. The molecule has 198 valence electrons. The van der Waals surface area contributed by atoms with Crippen molar-refractivity contribution in [3.63, 3.8) is 0 Å². The minimum atomic E-state index is -0.222. The lowest BCUT2D eigenvalue weighted by atomic mass is 9.77. The van der Waals surface area contributed by atoms with Crippen molar-refractivity contribution in [1.82, 2.24) is 20.1 Å². The second kappa shape index (κ2) is 12.1. The van der Waals surface area contributed by atoms with E-state index in [2.05, 4.69) is 27.3 Å². The summed E-state index contributed by atoms with van der Waals surface area (Å²) in [5.41, 5.74) is 2.80. The lowest BCUT2D eigenvalue weighted by Gasteiger charge is -2.38. The van der Waals surface area contributed by atoms with Gasteiger partial charge in [0.05, 0.1) is 17.9 Å². The van der Waals surface area contributed by atoms with E-state index in [1.54, 1.807) is 6.20 Å². The summed E-state index contributed by atoms with van der Waals surface area (Å²) in [6.45, 7) is 4.14. The van der Waals surface area contributed by atoms with Gasteiger partial charge >= 0.3 is 0 Å². The van der Waals surface area contributed by atoms with Gasteiger partial charge in [0, 0.05) is 37.1 Å². The van der Waals surface area contributed by atoms with Crippen LogP contribution in [-0.4, -0.2) is 52.8 Å². The summed E-state index contributed by atoms with van der Waals surface area (Å²) in [7, 11) is 0. The Bertz CT molecular complexity index is 1230. The van der Waals surface area contributed by atoms with Crippen molar-refractivity contribution in [1.29, 1.82) is 0 Å². The molecule has 2 aliphatic rings. The number of piperidine rings is 1. The van der Waals surface area contributed by atoms with Crippen molar-refractivity contribution in [2.24, 2.45) is 5.41 Å². The summed E-state index contributed by atoms with van der Waals surface area (Å²) in [6, 6.07) is 21.5. The van der Waals surface area contributed by atoms with Gasteiger partial charge in [0.25, 0.3) is 0 Å². The molecule has 0 aliphatic carbocycles. The van der Waals surface area contributed by atoms with Gasteiger partial charge in [-0.1, -0.05) is 66.2 Å². The zero-order valence-corrected chi connectivity index (χ0v) is 22.4. The number of amides is 2. The smallest absolute Gasteiger partial charge is 0.229 e. The fraction of sp³-hybridized carbons (Fsp3) is 0.387. The topological polar surface area (TPSA) is 65.5 Å². The number of aromatic nitrogens is 1. The highest BCUT2D eigenvalue weighted by atomic mass is 35.5. The van der Waals surface area contributed by atoms with Gasteiger partial charge in [-0.25, -0.2) is 0 Å². The molecule has 0 radical (unpaired) electrons. The number of rotatable bonds is 9. The molecule has 38 heavy (non-hydrogen) atoms. The van der Waals surface area contributed by atoms with Crippen LogP contribution in [0, 0.1) is 5.41 Å². The van der Waals surface area contributed by atoms with Crippen LogP contribution < -0.4 is 5.32 Å². The molecule has 3 heterocycles. The molecule has 2 aliphatic heterocycles. The van der Waals surface area contributed by atoms with Gasteiger partial charge in [-0.2, -0.15) is 0 Å². The predicted octanol–water partition coefficient (Wildman–Crippen LogP) is 5.04. The van der Waals surface area contributed by atoms with Crippen LogP contribution in [0.1, 0.15) is 48.4 Å². The lowest BCUT2D eigenvalue weighted by Crippen LogP contribution is -2.45. The summed E-state index contributed by atoms with van der Waals surface area (Å²) in [4.78, 5) is 34.9. The maximum atomic E-state index is 13.4. The fourth-order valence-corrected chi connectivity index (χ4v) is 6.01. The summed E-state index contributed by atoms with van der Waals surface area (Å²) >= 11 is 6.28. The van der Waals surface area contributed by atoms with Gasteiger partial charge in [0.15, 0.2) is 0 Å². The van der Waals surface area contributed by atoms with Gasteiger partial charge in [0.1, 0.15) is 0 Å². The van der Waals surface area contributed by atoms with Crippen molar-refractivity contribution < 1.29 is 9.59 Å². The van der Waals surface area contributed by atoms with Gasteiger partial charge in [0.2, 0.25) is 11.8 Å². The van der Waals surface area contributed by atoms with Crippen molar-refractivity contribution in [3.05, 3.63) is 101 Å². The number of likely N-dealkylation sites (tertiary alicyclic amines) is 2. The van der Waals surface area contributed by atoms with Gasteiger partial charge < -0.3 is 15.1 Å². The van der Waals surface area contributed by atoms with Crippen LogP contribution in [0.2, 0.25) is 5.02 Å². The van der Waals surface area contributed by atoms with Crippen molar-refractivity contribution in [2.45, 2.75) is 44.7 Å². The molecule has 1 unspecified atom stereocenters. The van der Waals surface area contributed by atoms with Crippen LogP contribution in [0.15, 0.2) is 79.1 Å². The third kappa shape index (κ3) is 6.25. The molecule has 2 amide bonds. The van der Waals surface area contributed by atoms with E-state index in [1.807, 2.05) is 65.7 Å². The Balaban J connectivity index is 1.15. The fourth-order valence-electron chi connectivity index (χ4n) is 5.80. The van der Waals surface area contributed by atoms with Crippen molar-refractivity contribution >= 4 is 23.4 Å². The van der Waals surface area contributed by atoms with Gasteiger partial charge in [-0.3, -0.25) is 14.6 Å². The quantitative estimate of drug-likeness (QED) is 0.421. The van der Waals surface area contributed by atoms with E-state index in [4.69, 9.17) is 11.6 Å². The van der Waals surface area contributed by atoms with Gasteiger partial charge in [-0.05, 0) is 67.6 Å². The number of hydrogen-bond acceptors (Lipinski definition) is 4. The number of carbonyl (C=O) groups excluding carboxylic acids is 2. The largest absolute Gasteiger partial charge is 0.349 e. The number of benzene rings is 2. The minimum absolute atomic E-state index is 0.0326. The Morgan fingerprint density at radius 2 is 1.71 bits per heavy atom. The molecule has 2 aromatic carbocycles. The number of nitrogens with zero attached hydrogens (tertiary/aromatic N) is 3. The Labute approximate surface area is 230 Å². The van der Waals surface area contributed by atoms with E-state index in [0.29, 0.717) is 17.5 Å². The first-order valence-corrected chi connectivity index (χ1v) is 13.9. The standard InChI is InChI=1S/C31H35ClN4O2/c32-27-11-5-4-10-26(27)21-29(37)34-28(25-8-2-1-3-9-25)12-17-35-18-13-31(14-19-35)15-20-36(30(31)38)23-24-7-6-16-33-22-24/h1-11,16,22,28H,12-15,17-21,23H2,(H,34,37). The maximum Gasteiger partial charge on any atom is 0.229 e. The van der Waals surface area contributed by atoms with Crippen LogP contribution in [0.5, 0.6) is 0 Å². The monoisotopic (exact) mass is 530 g/mol. The van der Waals surface area contributed by atoms with Crippen LogP contribution in [0.25, 0.3) is 0 Å². The number of nitrogens with one attached hydrogen (secondary N) is 1. The molecule has 1 atom stereocenters. The number of pyridine rings is 1. The lowest BCUT2D eigenvalue weighted by molar-refractivity contribution is -0.139. The molecular formula is C31H35ClN4O2. The highest BCUT2D eigenvalue weighted by molar-refractivity contribution is 6.31. The van der Waals surface area contributed by atoms with E-state index >= 15 is 0 Å². The zero-order chi connectivity index (χ0) is 26.4. The Kier molecular flexibility index (Phi) is 8.40. The predicted molar refractivity (Wildman–Crippen MR) is 149 cm³/mol. The first-order valence-electron chi connectivity index (χ1n) is 13.5. The number of halogens is 1. The molecule has 5 rings (SSSR count). The van der Waals surface area contributed by atoms with E-state index in [-0.39, 0.29) is 23.8 Å². The van der Waals surface area contributed by atoms with Gasteiger partial charge in [-0.15, -0.1) is 0 Å². The van der Waals surface area contributed by atoms with E-state index in [1.165, 1.54) is 0 Å². The molecule has 1 N–H and O–H groups in total. The third-order valence-corrected chi connectivity index (χ3v) is 8.46. The van der Waals surface area contributed by atoms with Crippen molar-refractivity contribution in [2.75, 3.05) is 26.2 Å². The molecule has 6 nitrogen and oxygen atoms in total. The van der Waals surface area contributed by atoms with E-state index < -0.39 is 0 Å². The van der Waals surface area contributed by atoms with Crippen LogP contribution in [0.4, 0.5) is 0 Å². The first-order chi connectivity index (χ1) is 18.5. The molecule has 3 aromatic rings. The molecule has 2 saturated heterocycles. The molecular weight excluding hydrogens is 496 g/mol.